The van der Waals surface area contributed by atoms with E-state index in [1.165, 1.54) is 0 Å². The van der Waals surface area contributed by atoms with Gasteiger partial charge in [0, 0.05) is 35.5 Å². The van der Waals surface area contributed by atoms with Gasteiger partial charge < -0.3 is 15.0 Å². The fraction of sp³-hybridized carbons (Fsp3) is 0.211. The zero-order chi connectivity index (χ0) is 16.4. The molecule has 0 saturated carbocycles. The van der Waals surface area contributed by atoms with E-state index < -0.39 is 0 Å². The van der Waals surface area contributed by atoms with E-state index >= 15 is 0 Å². The molecule has 2 N–H and O–H groups in total. The molecule has 118 valence electrons. The molecule has 3 rings (SSSR count). The number of methoxy groups -OCH3 is 1. The van der Waals surface area contributed by atoms with Crippen molar-refractivity contribution in [1.82, 2.24) is 4.57 Å². The van der Waals surface area contributed by atoms with Crippen LogP contribution in [0.5, 0.6) is 5.75 Å². The summed E-state index contributed by atoms with van der Waals surface area (Å²) < 4.78 is 7.06. The molecule has 0 atom stereocenters. The second-order valence-electron chi connectivity index (χ2n) is 5.50. The van der Waals surface area contributed by atoms with Crippen LogP contribution in [-0.4, -0.2) is 18.2 Å². The van der Waals surface area contributed by atoms with Crippen LogP contribution >= 0.6 is 0 Å². The van der Waals surface area contributed by atoms with Crippen molar-refractivity contribution >= 4 is 10.8 Å². The molecule has 0 aliphatic carbocycles. The highest BCUT2D eigenvalue weighted by Crippen LogP contribution is 2.32. The summed E-state index contributed by atoms with van der Waals surface area (Å²) in [7, 11) is 3.44. The van der Waals surface area contributed by atoms with Gasteiger partial charge in [0.2, 0.25) is 0 Å². The lowest BCUT2D eigenvalue weighted by atomic mass is 9.95. The number of nitrogens with two attached hydrogens (primary N) is 1. The average molecular weight is 308 g/mol. The molecule has 4 heteroatoms. The van der Waals surface area contributed by atoms with Gasteiger partial charge in [-0.15, -0.1) is 0 Å². The molecule has 0 aliphatic heterocycles. The quantitative estimate of drug-likeness (QED) is 0.806. The third-order valence-electron chi connectivity index (χ3n) is 4.17. The number of fused-ring (bicyclic) bond motifs is 1. The molecule has 0 bridgehead atoms. The lowest BCUT2D eigenvalue weighted by Crippen LogP contribution is -2.23. The molecule has 1 aromatic heterocycles. The Morgan fingerprint density at radius 1 is 1.09 bits per heavy atom. The highest BCUT2D eigenvalue weighted by atomic mass is 16.5. The molecular weight excluding hydrogens is 288 g/mol. The van der Waals surface area contributed by atoms with E-state index in [-0.39, 0.29) is 5.56 Å². The Labute approximate surface area is 135 Å². The van der Waals surface area contributed by atoms with Crippen molar-refractivity contribution in [2.75, 3.05) is 13.7 Å². The van der Waals surface area contributed by atoms with Crippen LogP contribution in [0.3, 0.4) is 0 Å². The van der Waals surface area contributed by atoms with Crippen molar-refractivity contribution in [2.45, 2.75) is 6.42 Å². The van der Waals surface area contributed by atoms with Gasteiger partial charge in [-0.1, -0.05) is 30.3 Å². The first-order valence-corrected chi connectivity index (χ1v) is 7.62. The van der Waals surface area contributed by atoms with Gasteiger partial charge in [-0.25, -0.2) is 0 Å². The van der Waals surface area contributed by atoms with Gasteiger partial charge in [-0.05, 0) is 30.3 Å². The fourth-order valence-electron chi connectivity index (χ4n) is 3.03. The summed E-state index contributed by atoms with van der Waals surface area (Å²) in [6, 6.07) is 15.7. The first-order chi connectivity index (χ1) is 11.2. The maximum atomic E-state index is 12.7. The van der Waals surface area contributed by atoms with Crippen molar-refractivity contribution < 1.29 is 4.74 Å². The van der Waals surface area contributed by atoms with Crippen LogP contribution in [0.4, 0.5) is 0 Å². The zero-order valence-electron chi connectivity index (χ0n) is 13.4. The van der Waals surface area contributed by atoms with Crippen molar-refractivity contribution in [2.24, 2.45) is 12.8 Å². The molecule has 0 aliphatic rings. The monoisotopic (exact) mass is 308 g/mol. The van der Waals surface area contributed by atoms with Crippen molar-refractivity contribution in [3.63, 3.8) is 0 Å². The minimum atomic E-state index is -0.00853. The van der Waals surface area contributed by atoms with Crippen LogP contribution in [-0.2, 0) is 13.5 Å². The average Bonchev–Trinajstić information content (AvgIpc) is 2.60. The van der Waals surface area contributed by atoms with E-state index in [1.54, 1.807) is 11.7 Å². The maximum Gasteiger partial charge on any atom is 0.258 e. The Morgan fingerprint density at radius 2 is 1.83 bits per heavy atom. The second-order valence-corrected chi connectivity index (χ2v) is 5.50. The smallest absolute Gasteiger partial charge is 0.258 e. The fourth-order valence-corrected chi connectivity index (χ4v) is 3.03. The van der Waals surface area contributed by atoms with E-state index in [2.05, 4.69) is 12.1 Å². The van der Waals surface area contributed by atoms with Crippen molar-refractivity contribution in [1.29, 1.82) is 0 Å². The molecule has 3 aromatic rings. The third-order valence-corrected chi connectivity index (χ3v) is 4.17. The Hall–Kier alpha value is -2.59. The van der Waals surface area contributed by atoms with Gasteiger partial charge in [-0.2, -0.15) is 0 Å². The molecule has 23 heavy (non-hydrogen) atoms. The Bertz CT molecular complexity index is 899. The SMILES string of the molecule is COc1ccc2c(=O)n(C)c(CCN)c(-c3ccccc3)c2c1. The number of aromatic nitrogens is 1. The molecule has 0 spiro atoms. The van der Waals surface area contributed by atoms with Crippen molar-refractivity contribution in [3.8, 4) is 16.9 Å². The lowest BCUT2D eigenvalue weighted by molar-refractivity contribution is 0.415. The van der Waals surface area contributed by atoms with Crippen LogP contribution in [0.1, 0.15) is 5.69 Å². The van der Waals surface area contributed by atoms with E-state index in [0.29, 0.717) is 18.4 Å². The predicted octanol–water partition coefficient (Wildman–Crippen LogP) is 2.72. The third kappa shape index (κ3) is 2.62. The molecule has 2 aromatic carbocycles. The van der Waals surface area contributed by atoms with Crippen LogP contribution in [0.15, 0.2) is 53.3 Å². The zero-order valence-corrected chi connectivity index (χ0v) is 13.4. The van der Waals surface area contributed by atoms with Gasteiger partial charge in [0.15, 0.2) is 0 Å². The maximum absolute atomic E-state index is 12.7. The van der Waals surface area contributed by atoms with E-state index in [4.69, 9.17) is 10.5 Å². The largest absolute Gasteiger partial charge is 0.497 e. The van der Waals surface area contributed by atoms with Crippen LogP contribution in [0.25, 0.3) is 21.9 Å². The molecule has 0 unspecified atom stereocenters. The number of hydrogen-bond donors (Lipinski definition) is 1. The molecule has 0 saturated heterocycles. The summed E-state index contributed by atoms with van der Waals surface area (Å²) in [6.45, 7) is 0.489. The van der Waals surface area contributed by atoms with Crippen LogP contribution in [0.2, 0.25) is 0 Å². The van der Waals surface area contributed by atoms with Gasteiger partial charge in [0.05, 0.1) is 7.11 Å². The van der Waals surface area contributed by atoms with Gasteiger partial charge >= 0.3 is 0 Å². The van der Waals surface area contributed by atoms with Gasteiger partial charge in [-0.3, -0.25) is 4.79 Å². The van der Waals surface area contributed by atoms with E-state index in [9.17, 15) is 4.79 Å². The van der Waals surface area contributed by atoms with E-state index in [1.807, 2.05) is 43.4 Å². The van der Waals surface area contributed by atoms with E-state index in [0.717, 1.165) is 28.0 Å². The summed E-state index contributed by atoms with van der Waals surface area (Å²) in [6.07, 6.45) is 0.642. The number of hydrogen-bond acceptors (Lipinski definition) is 3. The summed E-state index contributed by atoms with van der Waals surface area (Å²) >= 11 is 0. The number of ether oxygens (including phenoxy) is 1. The lowest BCUT2D eigenvalue weighted by Gasteiger charge is -2.17. The molecule has 4 nitrogen and oxygen atoms in total. The summed E-state index contributed by atoms with van der Waals surface area (Å²) in [5.74, 6) is 0.738. The predicted molar refractivity (Wildman–Crippen MR) is 93.9 cm³/mol. The Morgan fingerprint density at radius 3 is 2.48 bits per heavy atom. The summed E-state index contributed by atoms with van der Waals surface area (Å²) in [4.78, 5) is 12.7. The van der Waals surface area contributed by atoms with Crippen LogP contribution in [0, 0.1) is 0 Å². The van der Waals surface area contributed by atoms with Crippen LogP contribution < -0.4 is 16.0 Å². The summed E-state index contributed by atoms with van der Waals surface area (Å²) in [5, 5.41) is 1.59. The second kappa shape index (κ2) is 6.26. The number of pyridine rings is 1. The normalized spacial score (nSPS) is 10.9. The Kier molecular flexibility index (Phi) is 4.17. The van der Waals surface area contributed by atoms with Crippen molar-refractivity contribution in [3.05, 3.63) is 64.6 Å². The van der Waals surface area contributed by atoms with Gasteiger partial charge in [0.25, 0.3) is 5.56 Å². The molecular formula is C19H20N2O2. The number of nitrogens with zero attached hydrogens (tertiary/aromatic N) is 1. The first-order valence-electron chi connectivity index (χ1n) is 7.62. The standard InChI is InChI=1S/C19H20N2O2/c1-21-17(10-11-20)18(13-6-4-3-5-7-13)16-12-14(23-2)8-9-15(16)19(21)22/h3-9,12H,10-11,20H2,1-2H3. The highest BCUT2D eigenvalue weighted by molar-refractivity contribution is 5.98. The minimum absolute atomic E-state index is 0.00853. The topological polar surface area (TPSA) is 57.2 Å². The molecule has 0 amide bonds. The number of rotatable bonds is 4. The van der Waals surface area contributed by atoms with Gasteiger partial charge in [0.1, 0.15) is 5.75 Å². The summed E-state index contributed by atoms with van der Waals surface area (Å²) in [5.41, 5.74) is 8.85. The highest BCUT2D eigenvalue weighted by Gasteiger charge is 2.16. The molecule has 0 radical (unpaired) electrons. The molecule has 0 fully saturated rings. The minimum Gasteiger partial charge on any atom is -0.497 e. The Balaban J connectivity index is 2.48. The number of benzene rings is 2. The molecule has 1 heterocycles. The first kappa shape index (κ1) is 15.3.